The van der Waals surface area contributed by atoms with Crippen LogP contribution in [-0.4, -0.2) is 141 Å². The van der Waals surface area contributed by atoms with Crippen molar-refractivity contribution in [2.24, 2.45) is 23.2 Å². The van der Waals surface area contributed by atoms with Gasteiger partial charge in [0.15, 0.2) is 0 Å². The molecule has 9 rings (SSSR count). The Bertz CT molecular complexity index is 2990. The van der Waals surface area contributed by atoms with Crippen molar-refractivity contribution < 1.29 is 57.5 Å². The summed E-state index contributed by atoms with van der Waals surface area (Å²) in [5, 5.41) is 17.6. The van der Waals surface area contributed by atoms with Crippen LogP contribution in [0.3, 0.4) is 0 Å². The predicted molar refractivity (Wildman–Crippen MR) is 293 cm³/mol. The van der Waals surface area contributed by atoms with Gasteiger partial charge >= 0.3 is 0 Å². The first kappa shape index (κ1) is 58.0. The smallest absolute Gasteiger partial charge is 0.289 e. The molecule has 0 bridgehead atoms. The lowest BCUT2D eigenvalue weighted by molar-refractivity contribution is -0.146. The zero-order valence-corrected chi connectivity index (χ0v) is 46.6. The molecule has 2 aromatic carbocycles. The second kappa shape index (κ2) is 25.0. The third-order valence-corrected chi connectivity index (χ3v) is 16.7. The van der Waals surface area contributed by atoms with E-state index in [4.69, 9.17) is 4.74 Å². The van der Waals surface area contributed by atoms with Gasteiger partial charge < -0.3 is 36.2 Å². The summed E-state index contributed by atoms with van der Waals surface area (Å²) in [6.45, 7) is 8.23. The quantitative estimate of drug-likeness (QED) is 0.0472. The van der Waals surface area contributed by atoms with Crippen molar-refractivity contribution in [3.63, 3.8) is 0 Å². The summed E-state index contributed by atoms with van der Waals surface area (Å²) in [6.07, 6.45) is 13.1. The van der Waals surface area contributed by atoms with Crippen LogP contribution < -0.4 is 36.6 Å². The van der Waals surface area contributed by atoms with Crippen molar-refractivity contribution in [3.05, 3.63) is 65.2 Å². The van der Waals surface area contributed by atoms with Crippen LogP contribution in [-0.2, 0) is 33.6 Å². The molecule has 5 fully saturated rings. The molecule has 6 N–H and O–H groups in total. The lowest BCUT2D eigenvalue weighted by atomic mass is 9.82. The Morgan fingerprint density at radius 2 is 1.52 bits per heavy atom. The van der Waals surface area contributed by atoms with E-state index in [1.54, 1.807) is 35.2 Å². The number of amides is 10. The van der Waals surface area contributed by atoms with Gasteiger partial charge in [0.1, 0.15) is 41.3 Å². The molecule has 0 radical (unpaired) electrons. The molecule has 22 heteroatoms. The minimum absolute atomic E-state index is 0.00416. The van der Waals surface area contributed by atoms with Crippen LogP contribution in [0.25, 0.3) is 10.8 Å². The minimum atomic E-state index is -1.11. The first-order chi connectivity index (χ1) is 38.8. The summed E-state index contributed by atoms with van der Waals surface area (Å²) < 4.78 is 6.04. The molecule has 6 aliphatic rings. The normalized spacial score (nSPS) is 22.0. The summed E-state index contributed by atoms with van der Waals surface area (Å²) in [7, 11) is 0. The molecule has 4 heterocycles. The number of likely N-dealkylation sites (tertiary alicyclic amines) is 1. The molecule has 1 aromatic heterocycles. The summed E-state index contributed by atoms with van der Waals surface area (Å²) >= 11 is 0. The number of benzene rings is 2. The summed E-state index contributed by atoms with van der Waals surface area (Å²) in [4.78, 5) is 160. The van der Waals surface area contributed by atoms with E-state index < -0.39 is 100 Å². The molecule has 10 amide bonds. The molecule has 22 nitrogen and oxygen atoms in total. The maximum Gasteiger partial charge on any atom is 0.289 e. The van der Waals surface area contributed by atoms with Gasteiger partial charge in [-0.2, -0.15) is 0 Å². The number of unbranched alkanes of at least 4 members (excludes halogenated alkanes) is 2. The molecular formula is C59H74N10O12. The lowest BCUT2D eigenvalue weighted by Crippen LogP contribution is -2.62. The van der Waals surface area contributed by atoms with E-state index in [-0.39, 0.29) is 72.2 Å². The number of piperidine rings is 1. The number of imide groups is 2. The van der Waals surface area contributed by atoms with Gasteiger partial charge in [0, 0.05) is 36.5 Å². The number of carbonyl (C=O) groups is 11. The molecule has 2 saturated heterocycles. The third kappa shape index (κ3) is 13.1. The van der Waals surface area contributed by atoms with Gasteiger partial charge in [0.25, 0.3) is 29.5 Å². The van der Waals surface area contributed by atoms with Crippen molar-refractivity contribution in [3.8, 4) is 5.75 Å². The Hall–Kier alpha value is -7.65. The molecule has 432 valence electrons. The molecule has 3 aromatic rings. The zero-order chi connectivity index (χ0) is 57.7. The summed E-state index contributed by atoms with van der Waals surface area (Å²) in [5.41, 5.74) is -0.484. The minimum Gasteiger partial charge on any atom is -0.494 e. The number of nitrogens with one attached hydrogen (secondary N) is 6. The first-order valence-corrected chi connectivity index (χ1v) is 28.9. The second-order valence-corrected chi connectivity index (χ2v) is 23.7. The van der Waals surface area contributed by atoms with Crippen LogP contribution >= 0.6 is 0 Å². The topological polar surface area (TPSA) is 301 Å². The Morgan fingerprint density at radius 3 is 2.21 bits per heavy atom. The van der Waals surface area contributed by atoms with Gasteiger partial charge in [-0.1, -0.05) is 71.9 Å². The number of hydrogen-bond donors (Lipinski definition) is 6. The highest BCUT2D eigenvalue weighted by Gasteiger charge is 2.53. The highest BCUT2D eigenvalue weighted by molar-refractivity contribution is 6.38. The van der Waals surface area contributed by atoms with Gasteiger partial charge in [0.2, 0.25) is 35.3 Å². The molecule has 3 aliphatic heterocycles. The van der Waals surface area contributed by atoms with E-state index in [0.29, 0.717) is 74.6 Å². The first-order valence-electron chi connectivity index (χ1n) is 28.9. The van der Waals surface area contributed by atoms with Crippen molar-refractivity contribution >= 4 is 75.6 Å². The molecule has 7 atom stereocenters. The molecule has 3 aliphatic carbocycles. The number of ketones is 1. The highest BCUT2D eigenvalue weighted by atomic mass is 16.5. The summed E-state index contributed by atoms with van der Waals surface area (Å²) in [6, 6.07) is 3.12. The van der Waals surface area contributed by atoms with Crippen molar-refractivity contribution in [1.29, 1.82) is 0 Å². The zero-order valence-electron chi connectivity index (χ0n) is 46.6. The van der Waals surface area contributed by atoms with Crippen molar-refractivity contribution in [1.82, 2.24) is 51.7 Å². The fourth-order valence-corrected chi connectivity index (χ4v) is 12.3. The molecule has 3 saturated carbocycles. The average Bonchev–Trinajstić information content (AvgIpc) is 4.11. The van der Waals surface area contributed by atoms with Crippen LogP contribution in [0.4, 0.5) is 0 Å². The van der Waals surface area contributed by atoms with E-state index in [0.717, 1.165) is 49.8 Å². The van der Waals surface area contributed by atoms with Crippen LogP contribution in [0.2, 0.25) is 0 Å². The third-order valence-electron chi connectivity index (χ3n) is 16.7. The number of hydrogen-bond acceptors (Lipinski definition) is 14. The predicted octanol–water partition coefficient (Wildman–Crippen LogP) is 3.98. The van der Waals surface area contributed by atoms with Gasteiger partial charge in [-0.05, 0) is 117 Å². The van der Waals surface area contributed by atoms with E-state index in [9.17, 15) is 52.7 Å². The van der Waals surface area contributed by atoms with Crippen molar-refractivity contribution in [2.75, 3.05) is 19.7 Å². The maximum atomic E-state index is 14.9. The monoisotopic (exact) mass is 1110 g/mol. The van der Waals surface area contributed by atoms with Gasteiger partial charge in [-0.15, -0.1) is 0 Å². The largest absolute Gasteiger partial charge is 0.494 e. The molecule has 2 unspecified atom stereocenters. The van der Waals surface area contributed by atoms with E-state index in [1.165, 1.54) is 12.4 Å². The van der Waals surface area contributed by atoms with Gasteiger partial charge in [-0.3, -0.25) is 63.0 Å². The highest BCUT2D eigenvalue weighted by Crippen LogP contribution is 2.43. The number of carbonyl (C=O) groups excluding carboxylic acids is 11. The molecule has 81 heavy (non-hydrogen) atoms. The van der Waals surface area contributed by atoms with Crippen LogP contribution in [0.5, 0.6) is 5.75 Å². The van der Waals surface area contributed by atoms with Gasteiger partial charge in [-0.25, -0.2) is 9.97 Å². The summed E-state index contributed by atoms with van der Waals surface area (Å²) in [5.74, 6) is -6.46. The second-order valence-electron chi connectivity index (χ2n) is 23.7. The number of Topliss-reactive ketones (excluding diaryl/α,β-unsaturated/α-hetero) is 1. The van der Waals surface area contributed by atoms with E-state index in [2.05, 4.69) is 41.9 Å². The van der Waals surface area contributed by atoms with Crippen LogP contribution in [0.1, 0.15) is 179 Å². The number of fused-ring (bicyclic) bond motifs is 1. The lowest BCUT2D eigenvalue weighted by Gasteiger charge is -2.38. The Balaban J connectivity index is 0.776. The Labute approximate surface area is 470 Å². The Kier molecular flexibility index (Phi) is 17.9. The fraction of sp³-hybridized carbons (Fsp3) is 0.576. The SMILES string of the molecule is CCC[C@H](NC(=O)[C@@H]1C2CCC[C@H]2CN1C(=O)[C@@H](NC(=O)[C@@H](NC(=O)c1cnc(C(=O)NCCCCCOc2cc3c4c(cccc4c2)C(=O)N(C2CCC(=O)NC2=O)C3=O)cn1)C1CCCCC1)C(C)(C)C)C(=O)C(=O)NC1CC1. The average molecular weight is 1120 g/mol. The van der Waals surface area contributed by atoms with Crippen LogP contribution in [0.15, 0.2) is 42.7 Å². The molecular weight excluding hydrogens is 1040 g/mol. The number of rotatable bonds is 22. The standard InChI is InChI=1S/C59H74N10O12/c1-5-14-40(48(71)55(77)63-35-21-22-35)64-54(76)47-37-19-13-18-34(37)31-68(47)58(80)49(59(2,3)4)67-53(75)46(32-15-8-6-9-16-32)66-51(73)42-30-61-41(29-62-42)50(72)60-25-10-7-11-26-81-36-27-33-17-12-20-38-45(33)39(28-36)57(79)69(56(38)78)43-23-24-44(70)65-52(43)74/h12,17,20,27-30,32,34-35,37,40,43,46-47,49H,5-11,13-16,18-19,21-26,31H2,1-4H3,(H,60,72)(H,63,77)(H,64,76)(H,66,73)(H,67,75)(H,65,70,74)/t34-,37?,40-,43?,46-,47-,49+/m0/s1. The van der Waals surface area contributed by atoms with E-state index >= 15 is 0 Å². The van der Waals surface area contributed by atoms with Crippen molar-refractivity contribution in [2.45, 2.75) is 173 Å². The number of nitrogens with zero attached hydrogens (tertiary/aromatic N) is 4. The number of aromatic nitrogens is 2. The van der Waals surface area contributed by atoms with E-state index in [1.807, 2.05) is 27.7 Å². The number of ether oxygens (including phenoxy) is 1. The maximum absolute atomic E-state index is 14.9. The fourth-order valence-electron chi connectivity index (χ4n) is 12.3. The Morgan fingerprint density at radius 1 is 0.790 bits per heavy atom. The van der Waals surface area contributed by atoms with Gasteiger partial charge in [0.05, 0.1) is 30.6 Å². The van der Waals surface area contributed by atoms with Crippen LogP contribution in [0, 0.1) is 23.2 Å². The molecule has 0 spiro atoms.